The van der Waals surface area contributed by atoms with Gasteiger partial charge >= 0.3 is 0 Å². The van der Waals surface area contributed by atoms with Gasteiger partial charge in [0, 0.05) is 12.6 Å². The second kappa shape index (κ2) is 3.39. The van der Waals surface area contributed by atoms with Crippen LogP contribution in [0.4, 0.5) is 0 Å². The average molecular weight is 219 g/mol. The Labute approximate surface area is 96.0 Å². The maximum atomic E-state index is 5.44. The predicted octanol–water partition coefficient (Wildman–Crippen LogP) is 2.53. The van der Waals surface area contributed by atoms with Crippen molar-refractivity contribution in [3.05, 3.63) is 23.3 Å². The van der Waals surface area contributed by atoms with Gasteiger partial charge in [0.05, 0.1) is 0 Å². The standard InChI is InChI=1S/C13H17NO2/c1-8-6-14(3)9(2)11-5-13-12(4-10(8)11)15-7-16-13/h4-5,8-9H,6-7H2,1-3H3/t8-,9-/m0/s1. The number of hydrogen-bond donors (Lipinski definition) is 0. The first kappa shape index (κ1) is 9.97. The van der Waals surface area contributed by atoms with E-state index in [-0.39, 0.29) is 0 Å². The van der Waals surface area contributed by atoms with E-state index in [2.05, 4.69) is 37.9 Å². The van der Waals surface area contributed by atoms with Crippen LogP contribution in [0, 0.1) is 0 Å². The molecule has 1 aromatic carbocycles. The fourth-order valence-corrected chi connectivity index (χ4v) is 2.69. The topological polar surface area (TPSA) is 21.7 Å². The van der Waals surface area contributed by atoms with Crippen molar-refractivity contribution in [3.63, 3.8) is 0 Å². The Morgan fingerprint density at radius 3 is 2.44 bits per heavy atom. The van der Waals surface area contributed by atoms with Gasteiger partial charge in [0.25, 0.3) is 0 Å². The van der Waals surface area contributed by atoms with Gasteiger partial charge in [0.15, 0.2) is 11.5 Å². The molecule has 0 spiro atoms. The Hall–Kier alpha value is -1.22. The third-order valence-corrected chi connectivity index (χ3v) is 3.78. The minimum absolute atomic E-state index is 0.358. The smallest absolute Gasteiger partial charge is 0.231 e. The summed E-state index contributed by atoms with van der Waals surface area (Å²) in [4.78, 5) is 2.38. The highest BCUT2D eigenvalue weighted by molar-refractivity contribution is 5.51. The molecule has 0 amide bonds. The van der Waals surface area contributed by atoms with Crippen molar-refractivity contribution < 1.29 is 9.47 Å². The molecule has 0 aliphatic carbocycles. The van der Waals surface area contributed by atoms with Crippen LogP contribution in [0.3, 0.4) is 0 Å². The van der Waals surface area contributed by atoms with Crippen LogP contribution in [0.5, 0.6) is 11.5 Å². The summed E-state index contributed by atoms with van der Waals surface area (Å²) in [5, 5.41) is 0. The summed E-state index contributed by atoms with van der Waals surface area (Å²) in [6.45, 7) is 5.97. The zero-order chi connectivity index (χ0) is 11.3. The highest BCUT2D eigenvalue weighted by Gasteiger charge is 2.29. The number of hydrogen-bond acceptors (Lipinski definition) is 3. The molecule has 16 heavy (non-hydrogen) atoms. The molecule has 3 heteroatoms. The normalized spacial score (nSPS) is 27.9. The summed E-state index contributed by atoms with van der Waals surface area (Å²) in [6, 6.07) is 4.76. The number of fused-ring (bicyclic) bond motifs is 2. The third kappa shape index (κ3) is 1.31. The van der Waals surface area contributed by atoms with Crippen molar-refractivity contribution in [2.45, 2.75) is 25.8 Å². The van der Waals surface area contributed by atoms with Crippen LogP contribution in [-0.4, -0.2) is 25.3 Å². The molecule has 1 aromatic rings. The van der Waals surface area contributed by atoms with Gasteiger partial charge in [-0.05, 0) is 43.1 Å². The van der Waals surface area contributed by atoms with E-state index in [9.17, 15) is 0 Å². The Bertz CT molecular complexity index is 430. The molecule has 3 nitrogen and oxygen atoms in total. The zero-order valence-electron chi connectivity index (χ0n) is 9.99. The number of ether oxygens (including phenoxy) is 2. The lowest BCUT2D eigenvalue weighted by molar-refractivity contribution is 0.174. The van der Waals surface area contributed by atoms with E-state index in [1.165, 1.54) is 11.1 Å². The average Bonchev–Trinajstić information content (AvgIpc) is 2.71. The van der Waals surface area contributed by atoms with E-state index in [1.54, 1.807) is 0 Å². The first-order chi connectivity index (χ1) is 7.66. The van der Waals surface area contributed by atoms with Crippen LogP contribution in [0.1, 0.15) is 36.9 Å². The first-order valence-electron chi connectivity index (χ1n) is 5.80. The summed E-state index contributed by atoms with van der Waals surface area (Å²) >= 11 is 0. The fraction of sp³-hybridized carbons (Fsp3) is 0.538. The molecule has 0 unspecified atom stereocenters. The fourth-order valence-electron chi connectivity index (χ4n) is 2.69. The molecule has 3 rings (SSSR count). The van der Waals surface area contributed by atoms with Crippen molar-refractivity contribution >= 4 is 0 Å². The Morgan fingerprint density at radius 2 is 1.75 bits per heavy atom. The predicted molar refractivity (Wildman–Crippen MR) is 62.0 cm³/mol. The maximum Gasteiger partial charge on any atom is 0.231 e. The van der Waals surface area contributed by atoms with E-state index in [0.29, 0.717) is 18.8 Å². The molecule has 0 N–H and O–H groups in total. The molecule has 0 radical (unpaired) electrons. The van der Waals surface area contributed by atoms with E-state index < -0.39 is 0 Å². The van der Waals surface area contributed by atoms with E-state index >= 15 is 0 Å². The molecule has 2 atom stereocenters. The minimum atomic E-state index is 0.358. The molecule has 2 aliphatic rings. The summed E-state index contributed by atoms with van der Waals surface area (Å²) < 4.78 is 10.9. The Balaban J connectivity index is 2.13. The van der Waals surface area contributed by atoms with Gasteiger partial charge in [0.1, 0.15) is 0 Å². The van der Waals surface area contributed by atoms with Crippen molar-refractivity contribution in [3.8, 4) is 11.5 Å². The molecule has 0 saturated carbocycles. The maximum absolute atomic E-state index is 5.44. The number of benzene rings is 1. The molecule has 2 heterocycles. The quantitative estimate of drug-likeness (QED) is 0.669. The molecular weight excluding hydrogens is 202 g/mol. The molecule has 86 valence electrons. The van der Waals surface area contributed by atoms with Crippen molar-refractivity contribution in [2.75, 3.05) is 20.4 Å². The SMILES string of the molecule is C[C@H]1CN(C)[C@@H](C)c2cc3c(cc21)OCO3. The molecule has 0 saturated heterocycles. The summed E-state index contributed by atoms with van der Waals surface area (Å²) in [7, 11) is 2.18. The van der Waals surface area contributed by atoms with Gasteiger partial charge in [-0.2, -0.15) is 0 Å². The largest absolute Gasteiger partial charge is 0.454 e. The number of nitrogens with zero attached hydrogens (tertiary/aromatic N) is 1. The van der Waals surface area contributed by atoms with Crippen molar-refractivity contribution in [1.82, 2.24) is 4.90 Å². The molecule has 0 fully saturated rings. The van der Waals surface area contributed by atoms with Crippen LogP contribution in [0.15, 0.2) is 12.1 Å². The van der Waals surface area contributed by atoms with Gasteiger partial charge in [-0.15, -0.1) is 0 Å². The van der Waals surface area contributed by atoms with Crippen LogP contribution < -0.4 is 9.47 Å². The van der Waals surface area contributed by atoms with Crippen LogP contribution in [0.25, 0.3) is 0 Å². The van der Waals surface area contributed by atoms with Crippen molar-refractivity contribution in [1.29, 1.82) is 0 Å². The van der Waals surface area contributed by atoms with Gasteiger partial charge < -0.3 is 9.47 Å². The number of likely N-dealkylation sites (N-methyl/N-ethyl adjacent to an activating group) is 1. The second-order valence-electron chi connectivity index (χ2n) is 4.85. The lowest BCUT2D eigenvalue weighted by Crippen LogP contribution is -2.32. The summed E-state index contributed by atoms with van der Waals surface area (Å²) in [5.74, 6) is 2.36. The second-order valence-corrected chi connectivity index (χ2v) is 4.85. The highest BCUT2D eigenvalue weighted by atomic mass is 16.7. The Kier molecular flexibility index (Phi) is 2.11. The molecule has 0 bridgehead atoms. The summed E-state index contributed by atoms with van der Waals surface area (Å²) in [5.41, 5.74) is 2.79. The van der Waals surface area contributed by atoms with E-state index in [4.69, 9.17) is 9.47 Å². The highest BCUT2D eigenvalue weighted by Crippen LogP contribution is 2.42. The van der Waals surface area contributed by atoms with E-state index in [1.807, 2.05) is 0 Å². The van der Waals surface area contributed by atoms with Gasteiger partial charge in [-0.25, -0.2) is 0 Å². The van der Waals surface area contributed by atoms with Crippen molar-refractivity contribution in [2.24, 2.45) is 0 Å². The first-order valence-corrected chi connectivity index (χ1v) is 5.80. The lowest BCUT2D eigenvalue weighted by atomic mass is 9.87. The molecule has 0 aromatic heterocycles. The zero-order valence-corrected chi connectivity index (χ0v) is 9.99. The Morgan fingerprint density at radius 1 is 1.12 bits per heavy atom. The van der Waals surface area contributed by atoms with Gasteiger partial charge in [-0.1, -0.05) is 6.92 Å². The van der Waals surface area contributed by atoms with Crippen LogP contribution in [0.2, 0.25) is 0 Å². The number of rotatable bonds is 0. The molecule has 2 aliphatic heterocycles. The minimum Gasteiger partial charge on any atom is -0.454 e. The third-order valence-electron chi connectivity index (χ3n) is 3.78. The van der Waals surface area contributed by atoms with Crippen LogP contribution >= 0.6 is 0 Å². The van der Waals surface area contributed by atoms with E-state index in [0.717, 1.165) is 18.0 Å². The monoisotopic (exact) mass is 219 g/mol. The van der Waals surface area contributed by atoms with Gasteiger partial charge in [0.2, 0.25) is 6.79 Å². The van der Waals surface area contributed by atoms with Crippen LogP contribution in [-0.2, 0) is 0 Å². The lowest BCUT2D eigenvalue weighted by Gasteiger charge is -2.36. The summed E-state index contributed by atoms with van der Waals surface area (Å²) in [6.07, 6.45) is 0. The van der Waals surface area contributed by atoms with Gasteiger partial charge in [-0.3, -0.25) is 4.90 Å². The molecular formula is C13H17NO2.